The standard InChI is InChI=1S/C15H12ClIN2O2/c1-9(20)18-14-6-5-12(8-13(14)16)19-15(21)10-3-2-4-11(17)7-10/h2-8H,1H3,(H,18,20)(H,19,21). The number of nitrogens with one attached hydrogen (secondary N) is 2. The van der Waals surface area contributed by atoms with Gasteiger partial charge in [-0.2, -0.15) is 0 Å². The molecule has 0 aromatic heterocycles. The van der Waals surface area contributed by atoms with Crippen molar-refractivity contribution in [1.82, 2.24) is 0 Å². The first-order valence-electron chi connectivity index (χ1n) is 6.10. The van der Waals surface area contributed by atoms with Crippen molar-refractivity contribution in [3.05, 3.63) is 56.6 Å². The van der Waals surface area contributed by atoms with Crippen LogP contribution in [0.1, 0.15) is 17.3 Å². The zero-order valence-electron chi connectivity index (χ0n) is 11.1. The van der Waals surface area contributed by atoms with Crippen LogP contribution in [-0.2, 0) is 4.79 Å². The van der Waals surface area contributed by atoms with Gasteiger partial charge in [-0.1, -0.05) is 17.7 Å². The lowest BCUT2D eigenvalue weighted by atomic mass is 10.2. The third kappa shape index (κ3) is 4.44. The van der Waals surface area contributed by atoms with Crippen LogP contribution in [-0.4, -0.2) is 11.8 Å². The molecule has 0 spiro atoms. The van der Waals surface area contributed by atoms with Gasteiger partial charge in [0.05, 0.1) is 10.7 Å². The number of carbonyl (C=O) groups excluding carboxylic acids is 2. The fraction of sp³-hybridized carbons (Fsp3) is 0.0667. The van der Waals surface area contributed by atoms with Crippen molar-refractivity contribution in [2.24, 2.45) is 0 Å². The molecule has 0 saturated carbocycles. The molecule has 0 aliphatic carbocycles. The molecule has 108 valence electrons. The van der Waals surface area contributed by atoms with Crippen LogP contribution < -0.4 is 10.6 Å². The van der Waals surface area contributed by atoms with Crippen LogP contribution >= 0.6 is 34.2 Å². The molecule has 0 atom stereocenters. The van der Waals surface area contributed by atoms with E-state index in [2.05, 4.69) is 33.2 Å². The minimum Gasteiger partial charge on any atom is -0.325 e. The van der Waals surface area contributed by atoms with Crippen molar-refractivity contribution in [2.75, 3.05) is 10.6 Å². The van der Waals surface area contributed by atoms with E-state index in [4.69, 9.17) is 11.6 Å². The second-order valence-corrected chi connectivity index (χ2v) is 5.99. The number of hydrogen-bond donors (Lipinski definition) is 2. The lowest BCUT2D eigenvalue weighted by Gasteiger charge is -2.09. The van der Waals surface area contributed by atoms with E-state index >= 15 is 0 Å². The summed E-state index contributed by atoms with van der Waals surface area (Å²) in [6.45, 7) is 1.41. The Morgan fingerprint density at radius 3 is 2.48 bits per heavy atom. The fourth-order valence-electron chi connectivity index (χ4n) is 1.72. The van der Waals surface area contributed by atoms with Crippen molar-refractivity contribution < 1.29 is 9.59 Å². The molecule has 2 N–H and O–H groups in total. The molecule has 6 heteroatoms. The maximum absolute atomic E-state index is 12.1. The molecular weight excluding hydrogens is 403 g/mol. The summed E-state index contributed by atoms with van der Waals surface area (Å²) < 4.78 is 0.985. The summed E-state index contributed by atoms with van der Waals surface area (Å²) in [5.74, 6) is -0.413. The summed E-state index contributed by atoms with van der Waals surface area (Å²) in [6.07, 6.45) is 0. The van der Waals surface area contributed by atoms with Crippen LogP contribution in [0.2, 0.25) is 5.02 Å². The van der Waals surface area contributed by atoms with Gasteiger partial charge >= 0.3 is 0 Å². The summed E-state index contributed by atoms with van der Waals surface area (Å²) in [7, 11) is 0. The molecule has 0 bridgehead atoms. The smallest absolute Gasteiger partial charge is 0.255 e. The summed E-state index contributed by atoms with van der Waals surface area (Å²) in [5.41, 5.74) is 1.65. The minimum atomic E-state index is -0.211. The van der Waals surface area contributed by atoms with Crippen LogP contribution in [0.15, 0.2) is 42.5 Å². The van der Waals surface area contributed by atoms with Gasteiger partial charge in [0.2, 0.25) is 5.91 Å². The minimum absolute atomic E-state index is 0.201. The molecule has 21 heavy (non-hydrogen) atoms. The van der Waals surface area contributed by atoms with Crippen LogP contribution in [0.4, 0.5) is 11.4 Å². The van der Waals surface area contributed by atoms with Gasteiger partial charge in [0.25, 0.3) is 5.91 Å². The van der Waals surface area contributed by atoms with Crippen LogP contribution in [0.25, 0.3) is 0 Å². The van der Waals surface area contributed by atoms with Crippen molar-refractivity contribution in [1.29, 1.82) is 0 Å². The topological polar surface area (TPSA) is 58.2 Å². The third-order valence-corrected chi connectivity index (χ3v) is 3.61. The number of halogens is 2. The number of hydrogen-bond acceptors (Lipinski definition) is 2. The Labute approximate surface area is 141 Å². The summed E-state index contributed by atoms with van der Waals surface area (Å²) in [6, 6.07) is 12.2. The fourth-order valence-corrected chi connectivity index (χ4v) is 2.49. The van der Waals surface area contributed by atoms with Crippen molar-refractivity contribution >= 4 is 57.4 Å². The van der Waals surface area contributed by atoms with Gasteiger partial charge in [-0.25, -0.2) is 0 Å². The maximum atomic E-state index is 12.1. The second kappa shape index (κ2) is 6.91. The number of anilines is 2. The average molecular weight is 415 g/mol. The summed E-state index contributed by atoms with van der Waals surface area (Å²) >= 11 is 8.21. The zero-order chi connectivity index (χ0) is 15.4. The monoisotopic (exact) mass is 414 g/mol. The molecule has 0 unspecified atom stereocenters. The molecular formula is C15H12ClIN2O2. The van der Waals surface area contributed by atoms with Gasteiger partial charge in [-0.3, -0.25) is 9.59 Å². The molecule has 0 radical (unpaired) electrons. The van der Waals surface area contributed by atoms with Gasteiger partial charge in [0.1, 0.15) is 0 Å². The molecule has 4 nitrogen and oxygen atoms in total. The van der Waals surface area contributed by atoms with E-state index in [9.17, 15) is 9.59 Å². The molecule has 2 aromatic carbocycles. The van der Waals surface area contributed by atoms with E-state index < -0.39 is 0 Å². The third-order valence-electron chi connectivity index (χ3n) is 2.62. The lowest BCUT2D eigenvalue weighted by molar-refractivity contribution is -0.114. The van der Waals surface area contributed by atoms with Crippen molar-refractivity contribution in [3.8, 4) is 0 Å². The molecule has 2 amide bonds. The first-order valence-corrected chi connectivity index (χ1v) is 7.55. The van der Waals surface area contributed by atoms with Gasteiger partial charge < -0.3 is 10.6 Å². The first kappa shape index (κ1) is 15.8. The van der Waals surface area contributed by atoms with Crippen molar-refractivity contribution in [3.63, 3.8) is 0 Å². The Hall–Kier alpha value is -1.60. The SMILES string of the molecule is CC(=O)Nc1ccc(NC(=O)c2cccc(I)c2)cc1Cl. The molecule has 0 saturated heterocycles. The molecule has 2 rings (SSSR count). The number of carbonyl (C=O) groups is 2. The largest absolute Gasteiger partial charge is 0.325 e. The van der Waals surface area contributed by atoms with Crippen molar-refractivity contribution in [2.45, 2.75) is 6.92 Å². The van der Waals surface area contributed by atoms with Gasteiger partial charge in [-0.15, -0.1) is 0 Å². The van der Waals surface area contributed by atoms with Crippen LogP contribution in [0.3, 0.4) is 0 Å². The highest BCUT2D eigenvalue weighted by atomic mass is 127. The van der Waals surface area contributed by atoms with E-state index in [1.165, 1.54) is 6.92 Å². The molecule has 0 heterocycles. The quantitative estimate of drug-likeness (QED) is 0.741. The summed E-state index contributed by atoms with van der Waals surface area (Å²) in [5, 5.41) is 5.74. The molecule has 0 aliphatic heterocycles. The van der Waals surface area contributed by atoms with E-state index in [1.807, 2.05) is 12.1 Å². The number of amides is 2. The maximum Gasteiger partial charge on any atom is 0.255 e. The Balaban J connectivity index is 2.15. The highest BCUT2D eigenvalue weighted by molar-refractivity contribution is 14.1. The van der Waals surface area contributed by atoms with E-state index in [0.717, 1.165) is 3.57 Å². The average Bonchev–Trinajstić information content (AvgIpc) is 2.41. The normalized spacial score (nSPS) is 10.0. The Kier molecular flexibility index (Phi) is 5.19. The molecule has 0 fully saturated rings. The van der Waals surface area contributed by atoms with Gasteiger partial charge in [-0.05, 0) is 59.0 Å². The Bertz CT molecular complexity index is 704. The van der Waals surface area contributed by atoms with E-state index in [1.54, 1.807) is 30.3 Å². The number of rotatable bonds is 3. The molecule has 2 aromatic rings. The first-order chi connectivity index (χ1) is 9.95. The van der Waals surface area contributed by atoms with Gasteiger partial charge in [0, 0.05) is 21.7 Å². The molecule has 0 aliphatic rings. The predicted molar refractivity (Wildman–Crippen MR) is 92.9 cm³/mol. The zero-order valence-corrected chi connectivity index (χ0v) is 14.0. The second-order valence-electron chi connectivity index (χ2n) is 4.34. The number of benzene rings is 2. The van der Waals surface area contributed by atoms with E-state index in [0.29, 0.717) is 22.0 Å². The predicted octanol–water partition coefficient (Wildman–Crippen LogP) is 4.16. The Morgan fingerprint density at radius 2 is 1.86 bits per heavy atom. The van der Waals surface area contributed by atoms with Gasteiger partial charge in [0.15, 0.2) is 0 Å². The van der Waals surface area contributed by atoms with Crippen LogP contribution in [0, 0.1) is 3.57 Å². The van der Waals surface area contributed by atoms with Crippen LogP contribution in [0.5, 0.6) is 0 Å². The Morgan fingerprint density at radius 1 is 1.10 bits per heavy atom. The summed E-state index contributed by atoms with van der Waals surface area (Å²) in [4.78, 5) is 23.1. The lowest BCUT2D eigenvalue weighted by Crippen LogP contribution is -2.12. The highest BCUT2D eigenvalue weighted by Crippen LogP contribution is 2.25. The van der Waals surface area contributed by atoms with E-state index in [-0.39, 0.29) is 11.8 Å². The highest BCUT2D eigenvalue weighted by Gasteiger charge is 2.08.